The lowest BCUT2D eigenvalue weighted by Gasteiger charge is -2.28. The Morgan fingerprint density at radius 1 is 1.30 bits per heavy atom. The molecule has 106 valence electrons. The van der Waals surface area contributed by atoms with Crippen LogP contribution in [0.3, 0.4) is 0 Å². The Bertz CT molecular complexity index is 614. The van der Waals surface area contributed by atoms with Gasteiger partial charge < -0.3 is 16.0 Å². The predicted octanol–water partition coefficient (Wildman–Crippen LogP) is 2.37. The van der Waals surface area contributed by atoms with E-state index < -0.39 is 6.04 Å². The lowest BCUT2D eigenvalue weighted by Crippen LogP contribution is -2.46. The molecule has 5 nitrogen and oxygen atoms in total. The highest BCUT2D eigenvalue weighted by molar-refractivity contribution is 6.42. The van der Waals surface area contributed by atoms with E-state index in [-0.39, 0.29) is 11.9 Å². The van der Waals surface area contributed by atoms with Crippen LogP contribution in [-0.2, 0) is 4.79 Å². The molecule has 0 radical (unpaired) electrons. The lowest BCUT2D eigenvalue weighted by molar-refractivity contribution is -0.117. The van der Waals surface area contributed by atoms with Crippen LogP contribution in [0.4, 0.5) is 4.79 Å². The van der Waals surface area contributed by atoms with Crippen molar-refractivity contribution in [2.75, 3.05) is 7.05 Å². The fourth-order valence-electron chi connectivity index (χ4n) is 2.07. The molecule has 3 N–H and O–H groups in total. The molecule has 0 fully saturated rings. The van der Waals surface area contributed by atoms with Crippen LogP contribution in [0.2, 0.25) is 10.0 Å². The van der Waals surface area contributed by atoms with E-state index in [1.165, 1.54) is 7.05 Å². The number of carbonyl (C=O) groups excluding carboxylic acids is 2. The quantitative estimate of drug-likeness (QED) is 0.784. The van der Waals surface area contributed by atoms with Gasteiger partial charge in [0.15, 0.2) is 0 Å². The zero-order chi connectivity index (χ0) is 14.9. The van der Waals surface area contributed by atoms with Gasteiger partial charge in [0.1, 0.15) is 0 Å². The number of amides is 3. The summed E-state index contributed by atoms with van der Waals surface area (Å²) in [4.78, 5) is 23.6. The monoisotopic (exact) mass is 313 g/mol. The van der Waals surface area contributed by atoms with E-state index in [0.29, 0.717) is 26.9 Å². The van der Waals surface area contributed by atoms with Gasteiger partial charge >= 0.3 is 6.03 Å². The summed E-state index contributed by atoms with van der Waals surface area (Å²) >= 11 is 11.9. The van der Waals surface area contributed by atoms with Crippen LogP contribution in [0, 0.1) is 0 Å². The van der Waals surface area contributed by atoms with E-state index >= 15 is 0 Å². The summed E-state index contributed by atoms with van der Waals surface area (Å²) in [6, 6.07) is 4.05. The maximum Gasteiger partial charge on any atom is 0.319 e. The molecule has 1 aromatic rings. The van der Waals surface area contributed by atoms with Crippen molar-refractivity contribution in [2.24, 2.45) is 0 Å². The standard InChI is InChI=1S/C13H13Cl2N3O2/c1-6-10(12(19)16-2)11(18-13(20)17-6)7-3-4-8(14)9(15)5-7/h3-5,11H,1-2H3,(H,16,19)(H2,17,18,20). The first-order valence-corrected chi connectivity index (χ1v) is 6.65. The Hall–Kier alpha value is -1.72. The third-order valence-corrected chi connectivity index (χ3v) is 3.76. The van der Waals surface area contributed by atoms with Crippen molar-refractivity contribution in [1.82, 2.24) is 16.0 Å². The van der Waals surface area contributed by atoms with Gasteiger partial charge in [0.05, 0.1) is 21.7 Å². The lowest BCUT2D eigenvalue weighted by atomic mass is 9.95. The van der Waals surface area contributed by atoms with Gasteiger partial charge in [0.25, 0.3) is 5.91 Å². The summed E-state index contributed by atoms with van der Waals surface area (Å²) in [5.41, 5.74) is 1.63. The van der Waals surface area contributed by atoms with Gasteiger partial charge in [0, 0.05) is 12.7 Å². The maximum absolute atomic E-state index is 12.0. The highest BCUT2D eigenvalue weighted by atomic mass is 35.5. The predicted molar refractivity (Wildman–Crippen MR) is 77.6 cm³/mol. The maximum atomic E-state index is 12.0. The minimum absolute atomic E-state index is 0.272. The highest BCUT2D eigenvalue weighted by Gasteiger charge is 2.30. The van der Waals surface area contributed by atoms with Gasteiger partial charge in [-0.2, -0.15) is 0 Å². The van der Waals surface area contributed by atoms with Crippen LogP contribution < -0.4 is 16.0 Å². The summed E-state index contributed by atoms with van der Waals surface area (Å²) < 4.78 is 0. The molecule has 0 spiro atoms. The fraction of sp³-hybridized carbons (Fsp3) is 0.231. The molecule has 0 saturated carbocycles. The third-order valence-electron chi connectivity index (χ3n) is 3.02. The van der Waals surface area contributed by atoms with Gasteiger partial charge in [-0.15, -0.1) is 0 Å². The molecule has 1 atom stereocenters. The first kappa shape index (κ1) is 14.7. The molecule has 1 heterocycles. The Kier molecular flexibility index (Phi) is 4.20. The van der Waals surface area contributed by atoms with E-state index in [1.807, 2.05) is 0 Å². The molecule has 7 heteroatoms. The number of likely N-dealkylation sites (N-methyl/N-ethyl adjacent to an activating group) is 1. The Morgan fingerprint density at radius 2 is 2.00 bits per heavy atom. The van der Waals surface area contributed by atoms with Gasteiger partial charge in [0.2, 0.25) is 0 Å². The van der Waals surface area contributed by atoms with Crippen LogP contribution in [0.15, 0.2) is 29.5 Å². The largest absolute Gasteiger partial charge is 0.355 e. The molecule has 20 heavy (non-hydrogen) atoms. The van der Waals surface area contributed by atoms with Gasteiger partial charge in [-0.25, -0.2) is 4.79 Å². The summed E-state index contributed by atoms with van der Waals surface area (Å²) in [6.45, 7) is 1.67. The van der Waals surface area contributed by atoms with Crippen molar-refractivity contribution in [3.8, 4) is 0 Å². The second-order valence-corrected chi connectivity index (χ2v) is 5.14. The van der Waals surface area contributed by atoms with E-state index in [9.17, 15) is 9.59 Å². The number of halogens is 2. The molecule has 3 amide bonds. The number of nitrogens with one attached hydrogen (secondary N) is 3. The summed E-state index contributed by atoms with van der Waals surface area (Å²) in [5.74, 6) is -0.272. The number of hydrogen-bond donors (Lipinski definition) is 3. The van der Waals surface area contributed by atoms with E-state index in [2.05, 4.69) is 16.0 Å². The van der Waals surface area contributed by atoms with Crippen LogP contribution in [0.1, 0.15) is 18.5 Å². The summed E-state index contributed by atoms with van der Waals surface area (Å²) in [7, 11) is 1.53. The second-order valence-electron chi connectivity index (χ2n) is 4.32. The van der Waals surface area contributed by atoms with Crippen LogP contribution in [-0.4, -0.2) is 19.0 Å². The zero-order valence-electron chi connectivity index (χ0n) is 10.9. The minimum atomic E-state index is -0.571. The molecule has 1 unspecified atom stereocenters. The molecule has 0 aliphatic carbocycles. The molecule has 1 aliphatic rings. The molecule has 1 aliphatic heterocycles. The molecule has 2 rings (SSSR count). The number of carbonyl (C=O) groups is 2. The highest BCUT2D eigenvalue weighted by Crippen LogP contribution is 2.31. The fourth-order valence-corrected chi connectivity index (χ4v) is 2.38. The number of allylic oxidation sites excluding steroid dienone is 1. The van der Waals surface area contributed by atoms with Crippen molar-refractivity contribution < 1.29 is 9.59 Å². The van der Waals surface area contributed by atoms with Crippen molar-refractivity contribution in [3.05, 3.63) is 45.1 Å². The van der Waals surface area contributed by atoms with Gasteiger partial charge in [-0.05, 0) is 24.6 Å². The summed E-state index contributed by atoms with van der Waals surface area (Å²) in [6.07, 6.45) is 0. The Labute approximate surface area is 126 Å². The van der Waals surface area contributed by atoms with Gasteiger partial charge in [-0.1, -0.05) is 29.3 Å². The first-order chi connectivity index (χ1) is 9.43. The molecule has 0 bridgehead atoms. The Balaban J connectivity index is 2.50. The average Bonchev–Trinajstić information content (AvgIpc) is 2.40. The molecule has 0 saturated heterocycles. The third kappa shape index (κ3) is 2.73. The molecular weight excluding hydrogens is 301 g/mol. The minimum Gasteiger partial charge on any atom is -0.355 e. The van der Waals surface area contributed by atoms with E-state index in [0.717, 1.165) is 0 Å². The van der Waals surface area contributed by atoms with Crippen LogP contribution >= 0.6 is 23.2 Å². The smallest absolute Gasteiger partial charge is 0.319 e. The topological polar surface area (TPSA) is 70.2 Å². The molecule has 0 aromatic heterocycles. The average molecular weight is 314 g/mol. The van der Waals surface area contributed by atoms with Crippen molar-refractivity contribution in [2.45, 2.75) is 13.0 Å². The van der Waals surface area contributed by atoms with E-state index in [1.54, 1.807) is 25.1 Å². The summed E-state index contributed by atoms with van der Waals surface area (Å²) in [5, 5.41) is 8.62. The SMILES string of the molecule is CNC(=O)C1=C(C)NC(=O)NC1c1ccc(Cl)c(Cl)c1. The zero-order valence-corrected chi connectivity index (χ0v) is 12.4. The second kappa shape index (κ2) is 5.73. The van der Waals surface area contributed by atoms with Crippen molar-refractivity contribution in [3.63, 3.8) is 0 Å². The van der Waals surface area contributed by atoms with Gasteiger partial charge in [-0.3, -0.25) is 4.79 Å². The molecular formula is C13H13Cl2N3O2. The van der Waals surface area contributed by atoms with Crippen molar-refractivity contribution >= 4 is 35.1 Å². The number of benzene rings is 1. The molecule has 1 aromatic carbocycles. The van der Waals surface area contributed by atoms with Crippen LogP contribution in [0.5, 0.6) is 0 Å². The van der Waals surface area contributed by atoms with Crippen molar-refractivity contribution in [1.29, 1.82) is 0 Å². The number of rotatable bonds is 2. The number of hydrogen-bond acceptors (Lipinski definition) is 2. The van der Waals surface area contributed by atoms with Crippen LogP contribution in [0.25, 0.3) is 0 Å². The first-order valence-electron chi connectivity index (χ1n) is 5.89. The number of urea groups is 1. The van der Waals surface area contributed by atoms with E-state index in [4.69, 9.17) is 23.2 Å². The Morgan fingerprint density at radius 3 is 2.60 bits per heavy atom. The normalized spacial score (nSPS) is 18.4.